The van der Waals surface area contributed by atoms with Crippen molar-refractivity contribution < 1.29 is 4.79 Å². The first-order chi connectivity index (χ1) is 10.0. The molecular formula is C16H21ClN2OS. The molecule has 1 aromatic carbocycles. The number of amides is 1. The summed E-state index contributed by atoms with van der Waals surface area (Å²) in [4.78, 5) is 12.8. The maximum atomic E-state index is 12.3. The molecule has 5 heteroatoms. The van der Waals surface area contributed by atoms with E-state index in [2.05, 4.69) is 5.32 Å². The van der Waals surface area contributed by atoms with Crippen molar-refractivity contribution in [2.45, 2.75) is 50.5 Å². The Bertz CT molecular complexity index is 525. The molecule has 0 bridgehead atoms. The number of hydrogen-bond acceptors (Lipinski definition) is 2. The van der Waals surface area contributed by atoms with Gasteiger partial charge in [-0.05, 0) is 30.5 Å². The van der Waals surface area contributed by atoms with E-state index >= 15 is 0 Å². The van der Waals surface area contributed by atoms with Crippen LogP contribution in [0.2, 0.25) is 5.02 Å². The van der Waals surface area contributed by atoms with Gasteiger partial charge in [0.25, 0.3) is 0 Å². The Hall–Kier alpha value is -1.13. The third-order valence-corrected chi connectivity index (χ3v) is 4.69. The minimum atomic E-state index is -0.512. The van der Waals surface area contributed by atoms with Crippen molar-refractivity contribution in [3.8, 4) is 0 Å². The van der Waals surface area contributed by atoms with Gasteiger partial charge in [0.1, 0.15) is 0 Å². The van der Waals surface area contributed by atoms with Crippen LogP contribution in [0.15, 0.2) is 24.3 Å². The van der Waals surface area contributed by atoms with E-state index < -0.39 is 5.54 Å². The van der Waals surface area contributed by atoms with Crippen LogP contribution in [-0.2, 0) is 11.2 Å². The van der Waals surface area contributed by atoms with Crippen molar-refractivity contribution >= 4 is 34.7 Å². The Kier molecular flexibility index (Phi) is 5.59. The van der Waals surface area contributed by atoms with E-state index in [4.69, 9.17) is 29.6 Å². The van der Waals surface area contributed by atoms with Gasteiger partial charge in [0.15, 0.2) is 0 Å². The maximum absolute atomic E-state index is 12.3. The highest BCUT2D eigenvalue weighted by molar-refractivity contribution is 7.80. The van der Waals surface area contributed by atoms with Crippen molar-refractivity contribution in [2.75, 3.05) is 0 Å². The molecule has 0 radical (unpaired) electrons. The second-order valence-corrected chi connectivity index (χ2v) is 6.59. The lowest BCUT2D eigenvalue weighted by molar-refractivity contribution is -0.121. The maximum Gasteiger partial charge on any atom is 0.225 e. The molecule has 0 atom stereocenters. The average Bonchev–Trinajstić information content (AvgIpc) is 2.65. The lowest BCUT2D eigenvalue weighted by atomic mass is 9.89. The highest BCUT2D eigenvalue weighted by Gasteiger charge is 2.35. The fourth-order valence-electron chi connectivity index (χ4n) is 2.91. The average molecular weight is 325 g/mol. The summed E-state index contributed by atoms with van der Waals surface area (Å²) in [6.07, 6.45) is 6.42. The Morgan fingerprint density at radius 3 is 2.52 bits per heavy atom. The fraction of sp³-hybridized carbons (Fsp3) is 0.500. The molecule has 1 amide bonds. The largest absolute Gasteiger partial charge is 0.391 e. The number of benzene rings is 1. The quantitative estimate of drug-likeness (QED) is 0.659. The predicted octanol–water partition coefficient (Wildman–Crippen LogP) is 3.38. The lowest BCUT2D eigenvalue weighted by Gasteiger charge is -2.33. The summed E-state index contributed by atoms with van der Waals surface area (Å²) in [6, 6.07) is 7.35. The number of carbonyl (C=O) groups excluding carboxylic acids is 1. The number of halogens is 1. The minimum absolute atomic E-state index is 0.0491. The second-order valence-electron chi connectivity index (χ2n) is 5.72. The third-order valence-electron chi connectivity index (χ3n) is 4.06. The van der Waals surface area contributed by atoms with Gasteiger partial charge in [0.2, 0.25) is 5.91 Å². The smallest absolute Gasteiger partial charge is 0.225 e. The first-order valence-electron chi connectivity index (χ1n) is 7.37. The highest BCUT2D eigenvalue weighted by atomic mass is 35.5. The van der Waals surface area contributed by atoms with Gasteiger partial charge in [-0.2, -0.15) is 0 Å². The molecule has 1 saturated carbocycles. The molecule has 1 aliphatic rings. The van der Waals surface area contributed by atoms with Crippen LogP contribution in [0.4, 0.5) is 0 Å². The van der Waals surface area contributed by atoms with E-state index in [0.29, 0.717) is 16.4 Å². The van der Waals surface area contributed by atoms with E-state index in [-0.39, 0.29) is 5.91 Å². The summed E-state index contributed by atoms with van der Waals surface area (Å²) in [5.74, 6) is -0.0491. The molecule has 114 valence electrons. The summed E-state index contributed by atoms with van der Waals surface area (Å²) in [5, 5.41) is 3.73. The van der Waals surface area contributed by atoms with E-state index in [1.807, 2.05) is 18.2 Å². The number of nitrogens with one attached hydrogen (secondary N) is 1. The van der Waals surface area contributed by atoms with E-state index in [1.54, 1.807) is 6.07 Å². The van der Waals surface area contributed by atoms with Crippen LogP contribution in [0.3, 0.4) is 0 Å². The zero-order valence-electron chi connectivity index (χ0n) is 12.0. The van der Waals surface area contributed by atoms with Gasteiger partial charge in [0, 0.05) is 5.02 Å². The van der Waals surface area contributed by atoms with Crippen LogP contribution >= 0.6 is 23.8 Å². The number of thiocarbonyl (C=S) groups is 1. The standard InChI is InChI=1S/C16H21ClN2OS/c17-13-7-5-6-12(10-13)11-14(20)19-16(15(18)21)8-3-1-2-4-9-16/h5-7,10H,1-4,8-9,11H2,(H2,18,21)(H,19,20). The SMILES string of the molecule is NC(=S)C1(NC(=O)Cc2cccc(Cl)c2)CCCCCC1. The number of hydrogen-bond donors (Lipinski definition) is 2. The van der Waals surface area contributed by atoms with Crippen molar-refractivity contribution in [1.29, 1.82) is 0 Å². The van der Waals surface area contributed by atoms with Crippen LogP contribution in [0, 0.1) is 0 Å². The molecule has 0 spiro atoms. The van der Waals surface area contributed by atoms with Crippen LogP contribution in [0.1, 0.15) is 44.1 Å². The van der Waals surface area contributed by atoms with Crippen molar-refractivity contribution in [1.82, 2.24) is 5.32 Å². The fourth-order valence-corrected chi connectivity index (χ4v) is 3.38. The monoisotopic (exact) mass is 324 g/mol. The van der Waals surface area contributed by atoms with Gasteiger partial charge in [-0.15, -0.1) is 0 Å². The zero-order chi connectivity index (χ0) is 15.3. The molecule has 1 aromatic rings. The van der Waals surface area contributed by atoms with E-state index in [1.165, 1.54) is 12.8 Å². The summed E-state index contributed by atoms with van der Waals surface area (Å²) < 4.78 is 0. The van der Waals surface area contributed by atoms with Crippen molar-refractivity contribution in [2.24, 2.45) is 5.73 Å². The van der Waals surface area contributed by atoms with E-state index in [0.717, 1.165) is 31.2 Å². The number of carbonyl (C=O) groups is 1. The Morgan fingerprint density at radius 2 is 1.95 bits per heavy atom. The summed E-state index contributed by atoms with van der Waals surface area (Å²) in [7, 11) is 0. The molecule has 0 aromatic heterocycles. The van der Waals surface area contributed by atoms with Gasteiger partial charge in [-0.25, -0.2) is 0 Å². The Balaban J connectivity index is 2.06. The molecule has 3 nitrogen and oxygen atoms in total. The molecular weight excluding hydrogens is 304 g/mol. The Labute approximate surface area is 136 Å². The lowest BCUT2D eigenvalue weighted by Crippen LogP contribution is -2.56. The molecule has 0 aliphatic heterocycles. The number of nitrogens with two attached hydrogens (primary N) is 1. The molecule has 0 unspecified atom stereocenters. The van der Waals surface area contributed by atoms with Gasteiger partial charge < -0.3 is 11.1 Å². The predicted molar refractivity (Wildman–Crippen MR) is 90.5 cm³/mol. The molecule has 1 fully saturated rings. The van der Waals surface area contributed by atoms with Crippen LogP contribution in [0.5, 0.6) is 0 Å². The van der Waals surface area contributed by atoms with Crippen LogP contribution in [0.25, 0.3) is 0 Å². The molecule has 2 rings (SSSR count). The van der Waals surface area contributed by atoms with E-state index in [9.17, 15) is 4.79 Å². The first-order valence-corrected chi connectivity index (χ1v) is 8.16. The summed E-state index contributed by atoms with van der Waals surface area (Å²) in [5.41, 5.74) is 6.32. The second kappa shape index (κ2) is 7.23. The van der Waals surface area contributed by atoms with Gasteiger partial charge in [0.05, 0.1) is 16.9 Å². The minimum Gasteiger partial charge on any atom is -0.391 e. The number of rotatable bonds is 4. The third kappa shape index (κ3) is 4.42. The van der Waals surface area contributed by atoms with Crippen LogP contribution < -0.4 is 11.1 Å². The van der Waals surface area contributed by atoms with Gasteiger partial charge in [-0.3, -0.25) is 4.79 Å². The van der Waals surface area contributed by atoms with Gasteiger partial charge >= 0.3 is 0 Å². The summed E-state index contributed by atoms with van der Waals surface area (Å²) in [6.45, 7) is 0. The topological polar surface area (TPSA) is 55.1 Å². The Morgan fingerprint density at radius 1 is 1.29 bits per heavy atom. The molecule has 0 heterocycles. The molecule has 21 heavy (non-hydrogen) atoms. The highest BCUT2D eigenvalue weighted by Crippen LogP contribution is 2.27. The summed E-state index contributed by atoms with van der Waals surface area (Å²) >= 11 is 11.2. The normalized spacial score (nSPS) is 17.8. The molecule has 1 aliphatic carbocycles. The first kappa shape index (κ1) is 16.2. The van der Waals surface area contributed by atoms with Crippen molar-refractivity contribution in [3.63, 3.8) is 0 Å². The molecule has 3 N–H and O–H groups in total. The molecule has 0 saturated heterocycles. The van der Waals surface area contributed by atoms with Crippen LogP contribution in [-0.4, -0.2) is 16.4 Å². The zero-order valence-corrected chi connectivity index (χ0v) is 13.6. The van der Waals surface area contributed by atoms with Gasteiger partial charge in [-0.1, -0.05) is 61.6 Å². The van der Waals surface area contributed by atoms with Crippen molar-refractivity contribution in [3.05, 3.63) is 34.9 Å².